The number of ether oxygens (including phenoxy) is 2. The van der Waals surface area contributed by atoms with Crippen LogP contribution in [0.5, 0.6) is 5.75 Å². The fourth-order valence-corrected chi connectivity index (χ4v) is 2.58. The van der Waals surface area contributed by atoms with Gasteiger partial charge in [0.05, 0.1) is 24.2 Å². The molecule has 1 heterocycles. The molecule has 0 amide bonds. The lowest BCUT2D eigenvalue weighted by molar-refractivity contribution is -0.386. The van der Waals surface area contributed by atoms with Crippen molar-refractivity contribution in [2.24, 2.45) is 5.92 Å². The summed E-state index contributed by atoms with van der Waals surface area (Å²) in [5.41, 5.74) is 0.263. The Morgan fingerprint density at radius 2 is 2.40 bits per heavy atom. The second-order valence-electron chi connectivity index (χ2n) is 4.82. The number of hydrogen-bond donors (Lipinski definition) is 1. The predicted molar refractivity (Wildman–Crippen MR) is 75.9 cm³/mol. The van der Waals surface area contributed by atoms with E-state index in [1.54, 1.807) is 13.0 Å². The van der Waals surface area contributed by atoms with Crippen molar-refractivity contribution < 1.29 is 19.5 Å². The Morgan fingerprint density at radius 1 is 1.65 bits per heavy atom. The zero-order valence-corrected chi connectivity index (χ0v) is 12.6. The molecular weight excluding hydrogens is 330 g/mol. The minimum atomic E-state index is -0.846. The molecule has 110 valence electrons. The Bertz CT molecular complexity index is 500. The summed E-state index contributed by atoms with van der Waals surface area (Å²) in [5.74, 6) is 0.375. The Labute approximate surface area is 125 Å². The van der Waals surface area contributed by atoms with E-state index < -0.39 is 11.0 Å². The van der Waals surface area contributed by atoms with Gasteiger partial charge in [0.1, 0.15) is 0 Å². The molecule has 0 bridgehead atoms. The fraction of sp³-hybridized carbons (Fsp3) is 0.538. The van der Waals surface area contributed by atoms with Gasteiger partial charge in [-0.3, -0.25) is 10.1 Å². The fourth-order valence-electron chi connectivity index (χ4n) is 2.12. The van der Waals surface area contributed by atoms with Crippen molar-refractivity contribution in [3.63, 3.8) is 0 Å². The number of aliphatic hydroxyl groups excluding tert-OH is 1. The van der Waals surface area contributed by atoms with Crippen molar-refractivity contribution in [1.29, 1.82) is 0 Å². The van der Waals surface area contributed by atoms with Crippen LogP contribution in [0, 0.1) is 16.0 Å². The third kappa shape index (κ3) is 3.47. The van der Waals surface area contributed by atoms with Crippen LogP contribution in [0.2, 0.25) is 0 Å². The lowest BCUT2D eigenvalue weighted by atomic mass is 10.1. The second kappa shape index (κ2) is 6.51. The Morgan fingerprint density at radius 3 is 2.95 bits per heavy atom. The van der Waals surface area contributed by atoms with Crippen LogP contribution < -0.4 is 4.74 Å². The number of aliphatic hydroxyl groups is 1. The van der Waals surface area contributed by atoms with Crippen LogP contribution in [-0.2, 0) is 4.74 Å². The van der Waals surface area contributed by atoms with Gasteiger partial charge >= 0.3 is 5.69 Å². The molecule has 1 N–H and O–H groups in total. The molecule has 2 rings (SSSR count). The monoisotopic (exact) mass is 345 g/mol. The molecule has 1 aliphatic heterocycles. The van der Waals surface area contributed by atoms with Gasteiger partial charge in [-0.2, -0.15) is 0 Å². The van der Waals surface area contributed by atoms with Crippen molar-refractivity contribution in [2.75, 3.05) is 19.8 Å². The molecule has 1 fully saturated rings. The maximum atomic E-state index is 11.1. The highest BCUT2D eigenvalue weighted by Crippen LogP contribution is 2.38. The molecule has 2 atom stereocenters. The first-order valence-electron chi connectivity index (χ1n) is 6.35. The van der Waals surface area contributed by atoms with Gasteiger partial charge in [-0.25, -0.2) is 0 Å². The van der Waals surface area contributed by atoms with E-state index in [4.69, 9.17) is 9.47 Å². The molecule has 0 radical (unpaired) electrons. The minimum Gasteiger partial charge on any atom is -0.486 e. The van der Waals surface area contributed by atoms with Gasteiger partial charge in [-0.15, -0.1) is 0 Å². The first-order chi connectivity index (χ1) is 9.49. The van der Waals surface area contributed by atoms with Gasteiger partial charge < -0.3 is 14.6 Å². The maximum absolute atomic E-state index is 11.1. The average molecular weight is 346 g/mol. The van der Waals surface area contributed by atoms with Crippen LogP contribution in [0.1, 0.15) is 25.0 Å². The summed E-state index contributed by atoms with van der Waals surface area (Å²) in [7, 11) is 0. The molecule has 1 saturated heterocycles. The van der Waals surface area contributed by atoms with Crippen molar-refractivity contribution in [3.05, 3.63) is 32.3 Å². The Balaban J connectivity index is 2.29. The highest BCUT2D eigenvalue weighted by atomic mass is 79.9. The van der Waals surface area contributed by atoms with E-state index in [0.29, 0.717) is 29.9 Å². The highest BCUT2D eigenvalue weighted by Gasteiger charge is 2.25. The summed E-state index contributed by atoms with van der Waals surface area (Å²) in [6.45, 7) is 3.20. The number of nitrogens with zero attached hydrogens (tertiary/aromatic N) is 1. The van der Waals surface area contributed by atoms with Gasteiger partial charge in [0.25, 0.3) is 0 Å². The Hall–Kier alpha value is -1.18. The van der Waals surface area contributed by atoms with E-state index >= 15 is 0 Å². The van der Waals surface area contributed by atoms with Crippen LogP contribution in [-0.4, -0.2) is 29.9 Å². The van der Waals surface area contributed by atoms with Gasteiger partial charge in [0.15, 0.2) is 0 Å². The van der Waals surface area contributed by atoms with Crippen molar-refractivity contribution in [2.45, 2.75) is 19.4 Å². The summed E-state index contributed by atoms with van der Waals surface area (Å²) < 4.78 is 11.4. The summed E-state index contributed by atoms with van der Waals surface area (Å²) in [6, 6.07) is 3.02. The second-order valence-corrected chi connectivity index (χ2v) is 5.73. The molecular formula is C13H16BrNO5. The predicted octanol–water partition coefficient (Wildman–Crippen LogP) is 2.83. The van der Waals surface area contributed by atoms with Gasteiger partial charge in [0.2, 0.25) is 5.75 Å². The van der Waals surface area contributed by atoms with Crippen molar-refractivity contribution in [1.82, 2.24) is 0 Å². The largest absolute Gasteiger partial charge is 0.486 e. The number of benzene rings is 1. The highest BCUT2D eigenvalue weighted by molar-refractivity contribution is 9.10. The molecule has 0 spiro atoms. The molecule has 6 nitrogen and oxygen atoms in total. The Kier molecular flexibility index (Phi) is 4.95. The van der Waals surface area contributed by atoms with E-state index in [1.165, 1.54) is 6.07 Å². The molecule has 1 aromatic rings. The van der Waals surface area contributed by atoms with Gasteiger partial charge in [-0.1, -0.05) is 15.9 Å². The maximum Gasteiger partial charge on any atom is 0.312 e. The number of hydrogen-bond acceptors (Lipinski definition) is 5. The van der Waals surface area contributed by atoms with Crippen molar-refractivity contribution >= 4 is 21.6 Å². The number of rotatable bonds is 5. The van der Waals surface area contributed by atoms with Gasteiger partial charge in [-0.05, 0) is 19.4 Å². The SMILES string of the molecule is CC(O)c1cc(Br)cc([N+](=O)[O-])c1OCC1CCOC1. The first-order valence-corrected chi connectivity index (χ1v) is 7.14. The number of halogens is 1. The number of nitro benzene ring substituents is 1. The summed E-state index contributed by atoms with van der Waals surface area (Å²) >= 11 is 3.21. The third-order valence-corrected chi connectivity index (χ3v) is 3.65. The molecule has 7 heteroatoms. The van der Waals surface area contributed by atoms with Crippen LogP contribution >= 0.6 is 15.9 Å². The summed E-state index contributed by atoms with van der Waals surface area (Å²) in [5, 5.41) is 20.9. The van der Waals surface area contributed by atoms with E-state index in [2.05, 4.69) is 15.9 Å². The quantitative estimate of drug-likeness (QED) is 0.655. The summed E-state index contributed by atoms with van der Waals surface area (Å²) in [4.78, 5) is 10.6. The van der Waals surface area contributed by atoms with Crippen LogP contribution in [0.15, 0.2) is 16.6 Å². The molecule has 0 aliphatic carbocycles. The van der Waals surface area contributed by atoms with E-state index in [-0.39, 0.29) is 17.4 Å². The lowest BCUT2D eigenvalue weighted by Crippen LogP contribution is -2.14. The molecule has 20 heavy (non-hydrogen) atoms. The smallest absolute Gasteiger partial charge is 0.312 e. The van der Waals surface area contributed by atoms with Crippen LogP contribution in [0.25, 0.3) is 0 Å². The molecule has 0 aromatic heterocycles. The molecule has 2 unspecified atom stereocenters. The average Bonchev–Trinajstić information content (AvgIpc) is 2.89. The van der Waals surface area contributed by atoms with Gasteiger partial charge in [0, 0.05) is 28.6 Å². The lowest BCUT2D eigenvalue weighted by Gasteiger charge is -2.16. The van der Waals surface area contributed by atoms with Crippen molar-refractivity contribution in [3.8, 4) is 5.75 Å². The van der Waals surface area contributed by atoms with E-state index in [0.717, 1.165) is 6.42 Å². The van der Waals surface area contributed by atoms with E-state index in [9.17, 15) is 15.2 Å². The normalized spacial score (nSPS) is 19.9. The standard InChI is InChI=1S/C13H16BrNO5/c1-8(16)11-4-10(14)5-12(15(17)18)13(11)20-7-9-2-3-19-6-9/h4-5,8-9,16H,2-3,6-7H2,1H3. The van der Waals surface area contributed by atoms with Crippen LogP contribution in [0.3, 0.4) is 0 Å². The minimum absolute atomic E-state index is 0.139. The third-order valence-electron chi connectivity index (χ3n) is 3.20. The first kappa shape index (κ1) is 15.2. The number of nitro groups is 1. The topological polar surface area (TPSA) is 81.8 Å². The molecule has 1 aromatic carbocycles. The zero-order chi connectivity index (χ0) is 14.7. The molecule has 0 saturated carbocycles. The van der Waals surface area contributed by atoms with Crippen LogP contribution in [0.4, 0.5) is 5.69 Å². The zero-order valence-electron chi connectivity index (χ0n) is 11.0. The molecule has 1 aliphatic rings. The summed E-state index contributed by atoms with van der Waals surface area (Å²) in [6.07, 6.45) is 0.0370. The van der Waals surface area contributed by atoms with E-state index in [1.807, 2.05) is 0 Å².